The van der Waals surface area contributed by atoms with Gasteiger partial charge in [-0.05, 0) is 23.1 Å². The standard InChI is InChI=1S/2CH2F3NS.Na/c2*2-1(3,4)6-5;/h2*5-6H;. The van der Waals surface area contributed by atoms with E-state index in [2.05, 4.69) is 0 Å². The summed E-state index contributed by atoms with van der Waals surface area (Å²) in [6.45, 7) is 0. The number of alkyl halides is 6. The molecule has 2 nitrogen and oxygen atoms in total. The quantitative estimate of drug-likeness (QED) is 0.290. The second kappa shape index (κ2) is 8.21. The number of hydrogen-bond donors (Lipinski definition) is 4. The van der Waals surface area contributed by atoms with E-state index in [1.54, 1.807) is 0 Å². The number of nitrogens with one attached hydrogen (secondary N) is 2. The summed E-state index contributed by atoms with van der Waals surface area (Å²) >= 11 is -2.55. The maximum atomic E-state index is 10.6. The first-order valence-corrected chi connectivity index (χ1v) is 3.82. The maximum absolute atomic E-state index is 10.6. The van der Waals surface area contributed by atoms with Gasteiger partial charge < -0.3 is 0 Å². The third-order valence-electron chi connectivity index (χ3n) is 0.254. The van der Waals surface area contributed by atoms with Crippen LogP contribution < -0.4 is 0 Å². The van der Waals surface area contributed by atoms with Crippen LogP contribution in [0.5, 0.6) is 0 Å². The van der Waals surface area contributed by atoms with E-state index >= 15 is 0 Å². The van der Waals surface area contributed by atoms with E-state index in [0.29, 0.717) is 0 Å². The van der Waals surface area contributed by atoms with Gasteiger partial charge in [0.05, 0.1) is 0 Å². The smallest absolute Gasteiger partial charge is 0.275 e. The molecule has 13 heavy (non-hydrogen) atoms. The van der Waals surface area contributed by atoms with Crippen LogP contribution in [0.4, 0.5) is 26.3 Å². The summed E-state index contributed by atoms with van der Waals surface area (Å²) in [6, 6.07) is 0. The molecule has 0 aromatic rings. The third-order valence-corrected chi connectivity index (χ3v) is 0.761. The zero-order chi connectivity index (χ0) is 10.4. The monoisotopic (exact) mass is 257 g/mol. The Hall–Kier alpha value is 0.880. The minimum absolute atomic E-state index is 0. The Morgan fingerprint density at radius 3 is 0.769 bits per heavy atom. The maximum Gasteiger partial charge on any atom is 0.449 e. The van der Waals surface area contributed by atoms with Gasteiger partial charge in [0.1, 0.15) is 0 Å². The molecule has 0 unspecified atom stereocenters. The number of hydrogen-bond acceptors (Lipinski definition) is 2. The third kappa shape index (κ3) is 32.2. The number of thiol groups is 2. The Bertz CT molecular complexity index is 136. The summed E-state index contributed by atoms with van der Waals surface area (Å²) < 4.78 is 74.9. The molecular weight excluding hydrogens is 253 g/mol. The van der Waals surface area contributed by atoms with Crippen LogP contribution in [0.25, 0.3) is 0 Å². The van der Waals surface area contributed by atoms with Crippen molar-refractivity contribution < 1.29 is 26.3 Å². The van der Waals surface area contributed by atoms with Crippen LogP contribution >= 0.6 is 0 Å². The molecule has 0 aliphatic heterocycles. The SMILES string of the molecule is N=[SH]C(F)(F)F.N=[SH]C(F)(F)F.[Na]. The van der Waals surface area contributed by atoms with E-state index < -0.39 is 34.1 Å². The average molecular weight is 257 g/mol. The van der Waals surface area contributed by atoms with Crippen LogP contribution in [0, 0.1) is 9.56 Å². The average Bonchev–Trinajstić information content (AvgIpc) is 1.86. The summed E-state index contributed by atoms with van der Waals surface area (Å²) in [5.74, 6) is 0. The number of rotatable bonds is 0. The van der Waals surface area contributed by atoms with Gasteiger partial charge in [0.15, 0.2) is 0 Å². The van der Waals surface area contributed by atoms with Gasteiger partial charge in [-0.25, -0.2) is 0 Å². The van der Waals surface area contributed by atoms with Crippen molar-refractivity contribution in [2.45, 2.75) is 11.0 Å². The molecule has 0 saturated carbocycles. The fourth-order valence-corrected chi connectivity index (χ4v) is 0. The molecular formula is C2H4F6N2NaS2. The fraction of sp³-hybridized carbons (Fsp3) is 1.00. The van der Waals surface area contributed by atoms with E-state index in [1.165, 1.54) is 0 Å². The van der Waals surface area contributed by atoms with Crippen LogP contribution in [-0.4, -0.2) is 40.6 Å². The van der Waals surface area contributed by atoms with Gasteiger partial charge in [0, 0.05) is 29.6 Å². The second-order valence-electron chi connectivity index (χ2n) is 1.16. The summed E-state index contributed by atoms with van der Waals surface area (Å²) in [7, 11) is 0. The van der Waals surface area contributed by atoms with Crippen LogP contribution in [0.15, 0.2) is 0 Å². The molecule has 11 heteroatoms. The van der Waals surface area contributed by atoms with Crippen molar-refractivity contribution in [1.29, 1.82) is 9.56 Å². The molecule has 77 valence electrons. The Balaban J connectivity index is -0.000000143. The molecule has 1 radical (unpaired) electrons. The molecule has 0 amide bonds. The van der Waals surface area contributed by atoms with E-state index in [4.69, 9.17) is 9.56 Å². The van der Waals surface area contributed by atoms with Gasteiger partial charge >= 0.3 is 11.0 Å². The molecule has 0 spiro atoms. The predicted molar refractivity (Wildman–Crippen MR) is 40.8 cm³/mol. The minimum Gasteiger partial charge on any atom is -0.275 e. The van der Waals surface area contributed by atoms with E-state index in [0.717, 1.165) is 0 Å². The van der Waals surface area contributed by atoms with Crippen molar-refractivity contribution in [3.8, 4) is 0 Å². The Kier molecular flexibility index (Phi) is 12.3. The van der Waals surface area contributed by atoms with Gasteiger partial charge in [0.25, 0.3) is 0 Å². The van der Waals surface area contributed by atoms with E-state index in [1.807, 2.05) is 0 Å². The van der Waals surface area contributed by atoms with E-state index in [9.17, 15) is 26.3 Å². The molecule has 0 heterocycles. The van der Waals surface area contributed by atoms with Crippen molar-refractivity contribution in [2.24, 2.45) is 0 Å². The molecule has 0 rings (SSSR count). The van der Waals surface area contributed by atoms with Gasteiger partial charge in [-0.15, -0.1) is 0 Å². The van der Waals surface area contributed by atoms with Crippen molar-refractivity contribution in [3.63, 3.8) is 0 Å². The van der Waals surface area contributed by atoms with Crippen molar-refractivity contribution in [2.75, 3.05) is 0 Å². The first-order chi connectivity index (χ1) is 5.12. The summed E-state index contributed by atoms with van der Waals surface area (Å²) in [6.07, 6.45) is 0. The molecule has 0 bridgehead atoms. The zero-order valence-corrected chi connectivity index (χ0v) is 9.95. The van der Waals surface area contributed by atoms with Crippen LogP contribution in [0.2, 0.25) is 0 Å². The largest absolute Gasteiger partial charge is 0.449 e. The predicted octanol–water partition coefficient (Wildman–Crippen LogP) is 1.79. The Labute approximate surface area is 99.2 Å². The molecule has 0 atom stereocenters. The number of halogens is 6. The summed E-state index contributed by atoms with van der Waals surface area (Å²) in [4.78, 5) is 0. The fourth-order valence-electron chi connectivity index (χ4n) is 0. The first kappa shape index (κ1) is 19.5. The summed E-state index contributed by atoms with van der Waals surface area (Å²) in [5, 5.41) is 0. The molecule has 0 saturated heterocycles. The molecule has 0 aliphatic carbocycles. The van der Waals surface area contributed by atoms with Crippen molar-refractivity contribution in [3.05, 3.63) is 0 Å². The summed E-state index contributed by atoms with van der Waals surface area (Å²) in [5.41, 5.74) is -8.64. The van der Waals surface area contributed by atoms with E-state index in [-0.39, 0.29) is 29.6 Å². The van der Waals surface area contributed by atoms with Gasteiger partial charge in [0.2, 0.25) is 0 Å². The van der Waals surface area contributed by atoms with Crippen LogP contribution in [0.1, 0.15) is 0 Å². The zero-order valence-electron chi connectivity index (χ0n) is 6.16. The van der Waals surface area contributed by atoms with Crippen LogP contribution in [-0.2, 0) is 23.1 Å². The van der Waals surface area contributed by atoms with Crippen molar-refractivity contribution in [1.82, 2.24) is 0 Å². The minimum atomic E-state index is -4.32. The molecule has 0 fully saturated rings. The molecule has 0 aromatic carbocycles. The van der Waals surface area contributed by atoms with Crippen LogP contribution in [0.3, 0.4) is 0 Å². The molecule has 0 aromatic heterocycles. The topological polar surface area (TPSA) is 47.7 Å². The molecule has 2 N–H and O–H groups in total. The Morgan fingerprint density at radius 2 is 0.769 bits per heavy atom. The Morgan fingerprint density at radius 1 is 0.692 bits per heavy atom. The van der Waals surface area contributed by atoms with Gasteiger partial charge in [-0.2, -0.15) is 26.3 Å². The second-order valence-corrected chi connectivity index (χ2v) is 2.62. The van der Waals surface area contributed by atoms with Crippen molar-refractivity contribution >= 4 is 52.7 Å². The van der Waals surface area contributed by atoms with Gasteiger partial charge in [-0.3, -0.25) is 9.56 Å². The first-order valence-electron chi connectivity index (χ1n) is 2.03. The normalized spacial score (nSPS) is 10.9. The molecule has 0 aliphatic rings. The van der Waals surface area contributed by atoms with Gasteiger partial charge in [-0.1, -0.05) is 0 Å².